The molecule has 0 aliphatic carbocycles. The molecular formula is C21H26O4. The lowest BCUT2D eigenvalue weighted by molar-refractivity contribution is 0.0909. The lowest BCUT2D eigenvalue weighted by atomic mass is 9.87. The number of hydrogen-bond acceptors (Lipinski definition) is 4. The average molecular weight is 342 g/mol. The van der Waals surface area contributed by atoms with Crippen LogP contribution in [0.4, 0.5) is 0 Å². The zero-order chi connectivity index (χ0) is 18.6. The van der Waals surface area contributed by atoms with Gasteiger partial charge in [-0.3, -0.25) is 4.79 Å². The zero-order valence-electron chi connectivity index (χ0n) is 15.8. The normalized spacial score (nSPS) is 20.1. The number of rotatable bonds is 3. The molecule has 2 heterocycles. The smallest absolute Gasteiger partial charge is 0.173 e. The number of carbonyl (C=O) groups excluding carboxylic acids is 1. The summed E-state index contributed by atoms with van der Waals surface area (Å²) in [5.41, 5.74) is 0.469. The Morgan fingerprint density at radius 3 is 2.12 bits per heavy atom. The molecule has 1 aromatic rings. The number of fused-ring (bicyclic) bond motifs is 3. The highest BCUT2D eigenvalue weighted by Gasteiger charge is 2.37. The Bertz CT molecular complexity index is 797. The summed E-state index contributed by atoms with van der Waals surface area (Å²) in [5.74, 6) is 0.614. The van der Waals surface area contributed by atoms with Gasteiger partial charge in [0.25, 0.3) is 0 Å². The van der Waals surface area contributed by atoms with E-state index in [1.54, 1.807) is 0 Å². The van der Waals surface area contributed by atoms with Crippen LogP contribution >= 0.6 is 0 Å². The maximum absolute atomic E-state index is 13.0. The number of ether oxygens (including phenoxy) is 2. The Balaban J connectivity index is 2.31. The van der Waals surface area contributed by atoms with E-state index in [0.717, 1.165) is 5.56 Å². The van der Waals surface area contributed by atoms with Gasteiger partial charge < -0.3 is 14.6 Å². The molecule has 134 valence electrons. The quantitative estimate of drug-likeness (QED) is 0.786. The molecule has 0 bridgehead atoms. The Labute approximate surface area is 149 Å². The first-order chi connectivity index (χ1) is 11.6. The first-order valence-corrected chi connectivity index (χ1v) is 8.80. The maximum atomic E-state index is 13.0. The number of benzene rings is 1. The topological polar surface area (TPSA) is 55.8 Å². The fourth-order valence-electron chi connectivity index (χ4n) is 3.08. The molecule has 0 spiro atoms. The van der Waals surface area contributed by atoms with E-state index in [1.165, 1.54) is 0 Å². The Morgan fingerprint density at radius 1 is 1.04 bits per heavy atom. The third-order valence-electron chi connectivity index (χ3n) is 4.79. The summed E-state index contributed by atoms with van der Waals surface area (Å²) in [5, 5.41) is 10.9. The minimum absolute atomic E-state index is 0.0584. The SMILES string of the molecule is CC[C@H](C)C(=O)c1c(O)c2c(c3c1OC(C)(C)C=C3)OC(C)(C)C=C2. The molecule has 0 fully saturated rings. The second-order valence-corrected chi connectivity index (χ2v) is 7.96. The van der Waals surface area contributed by atoms with Gasteiger partial charge in [0.2, 0.25) is 0 Å². The predicted octanol–water partition coefficient (Wildman–Crippen LogP) is 4.99. The summed E-state index contributed by atoms with van der Waals surface area (Å²) >= 11 is 0. The largest absolute Gasteiger partial charge is 0.506 e. The minimum atomic E-state index is -0.557. The lowest BCUT2D eigenvalue weighted by Crippen LogP contribution is -2.32. The lowest BCUT2D eigenvalue weighted by Gasteiger charge is -2.35. The van der Waals surface area contributed by atoms with Crippen LogP contribution in [-0.4, -0.2) is 22.1 Å². The van der Waals surface area contributed by atoms with Crippen molar-refractivity contribution in [2.45, 2.75) is 59.2 Å². The van der Waals surface area contributed by atoms with Crippen LogP contribution in [0.3, 0.4) is 0 Å². The van der Waals surface area contributed by atoms with Gasteiger partial charge in [-0.05, 0) is 58.4 Å². The molecule has 0 aromatic heterocycles. The van der Waals surface area contributed by atoms with Gasteiger partial charge in [-0.1, -0.05) is 13.8 Å². The highest BCUT2D eigenvalue weighted by molar-refractivity contribution is 6.06. The fourth-order valence-corrected chi connectivity index (χ4v) is 3.08. The number of carbonyl (C=O) groups is 1. The standard InChI is InChI=1S/C21H26O4/c1-7-12(2)16(22)15-17(23)13-8-10-20(3,4)24-18(13)14-9-11-21(5,6)25-19(14)15/h8-12,23H,7H2,1-6H3/t12-/m0/s1. The van der Waals surface area contributed by atoms with Crippen LogP contribution in [0.25, 0.3) is 12.2 Å². The van der Waals surface area contributed by atoms with Gasteiger partial charge in [0, 0.05) is 5.92 Å². The number of phenols is 1. The van der Waals surface area contributed by atoms with Crippen LogP contribution in [0.15, 0.2) is 12.2 Å². The third kappa shape index (κ3) is 2.94. The van der Waals surface area contributed by atoms with Crippen molar-refractivity contribution in [3.05, 3.63) is 28.8 Å². The summed E-state index contributed by atoms with van der Waals surface area (Å²) in [6, 6.07) is 0. The highest BCUT2D eigenvalue weighted by atomic mass is 16.5. The van der Waals surface area contributed by atoms with Gasteiger partial charge in [0.1, 0.15) is 34.0 Å². The second kappa shape index (κ2) is 5.65. The van der Waals surface area contributed by atoms with E-state index in [2.05, 4.69) is 0 Å². The highest BCUT2D eigenvalue weighted by Crippen LogP contribution is 2.50. The molecule has 1 N–H and O–H groups in total. The molecule has 0 amide bonds. The number of hydrogen-bond donors (Lipinski definition) is 1. The van der Waals surface area contributed by atoms with Gasteiger partial charge in [-0.25, -0.2) is 0 Å². The molecule has 25 heavy (non-hydrogen) atoms. The summed E-state index contributed by atoms with van der Waals surface area (Å²) < 4.78 is 12.2. The maximum Gasteiger partial charge on any atom is 0.173 e. The van der Waals surface area contributed by atoms with Crippen molar-refractivity contribution in [1.82, 2.24) is 0 Å². The molecule has 1 atom stereocenters. The molecule has 0 unspecified atom stereocenters. The van der Waals surface area contributed by atoms with Gasteiger partial charge >= 0.3 is 0 Å². The molecule has 4 nitrogen and oxygen atoms in total. The molecule has 0 radical (unpaired) electrons. The summed E-state index contributed by atoms with van der Waals surface area (Å²) in [7, 11) is 0. The van der Waals surface area contributed by atoms with Gasteiger partial charge in [-0.2, -0.15) is 0 Å². The van der Waals surface area contributed by atoms with Crippen molar-refractivity contribution in [2.75, 3.05) is 0 Å². The van der Waals surface area contributed by atoms with Crippen molar-refractivity contribution in [2.24, 2.45) is 5.92 Å². The monoisotopic (exact) mass is 342 g/mol. The van der Waals surface area contributed by atoms with Crippen LogP contribution in [0.5, 0.6) is 17.2 Å². The van der Waals surface area contributed by atoms with Crippen molar-refractivity contribution in [1.29, 1.82) is 0 Å². The molecule has 0 saturated carbocycles. The number of Topliss-reactive ketones (excluding diaryl/α,β-unsaturated/α-hetero) is 1. The van der Waals surface area contributed by atoms with Crippen molar-refractivity contribution in [3.8, 4) is 17.2 Å². The molecule has 2 aliphatic heterocycles. The first-order valence-electron chi connectivity index (χ1n) is 8.80. The van der Waals surface area contributed by atoms with Gasteiger partial charge in [0.15, 0.2) is 5.78 Å². The number of phenolic OH excluding ortho intramolecular Hbond substituents is 1. The van der Waals surface area contributed by atoms with Crippen LogP contribution in [0, 0.1) is 5.92 Å². The fraction of sp³-hybridized carbons (Fsp3) is 0.476. The van der Waals surface area contributed by atoms with Crippen molar-refractivity contribution < 1.29 is 19.4 Å². The Kier molecular flexibility index (Phi) is 3.98. The van der Waals surface area contributed by atoms with E-state index in [-0.39, 0.29) is 23.0 Å². The summed E-state index contributed by atoms with van der Waals surface area (Å²) in [4.78, 5) is 13.0. The minimum Gasteiger partial charge on any atom is -0.506 e. The van der Waals surface area contributed by atoms with Crippen molar-refractivity contribution >= 4 is 17.9 Å². The predicted molar refractivity (Wildman–Crippen MR) is 99.4 cm³/mol. The average Bonchev–Trinajstić information content (AvgIpc) is 2.52. The van der Waals surface area contributed by atoms with E-state index in [0.29, 0.717) is 23.5 Å². The summed E-state index contributed by atoms with van der Waals surface area (Å²) in [6.45, 7) is 11.6. The van der Waals surface area contributed by atoms with E-state index < -0.39 is 11.2 Å². The van der Waals surface area contributed by atoms with Crippen LogP contribution in [-0.2, 0) is 0 Å². The van der Waals surface area contributed by atoms with Gasteiger partial charge in [0.05, 0.1) is 11.1 Å². The molecule has 3 rings (SSSR count). The number of aromatic hydroxyl groups is 1. The molecule has 4 heteroatoms. The van der Waals surface area contributed by atoms with Crippen molar-refractivity contribution in [3.63, 3.8) is 0 Å². The molecule has 2 aliphatic rings. The molecule has 1 aromatic carbocycles. The van der Waals surface area contributed by atoms with E-state index >= 15 is 0 Å². The molecular weight excluding hydrogens is 316 g/mol. The molecule has 0 saturated heterocycles. The zero-order valence-corrected chi connectivity index (χ0v) is 15.8. The van der Waals surface area contributed by atoms with E-state index in [9.17, 15) is 9.90 Å². The van der Waals surface area contributed by atoms with Crippen LogP contribution < -0.4 is 9.47 Å². The second-order valence-electron chi connectivity index (χ2n) is 7.96. The Morgan fingerprint density at radius 2 is 1.56 bits per heavy atom. The van der Waals surface area contributed by atoms with Crippen LogP contribution in [0.1, 0.15) is 69.4 Å². The third-order valence-corrected chi connectivity index (χ3v) is 4.79. The van der Waals surface area contributed by atoms with Crippen LogP contribution in [0.2, 0.25) is 0 Å². The van der Waals surface area contributed by atoms with E-state index in [1.807, 2.05) is 65.8 Å². The first kappa shape index (κ1) is 17.6. The van der Waals surface area contributed by atoms with E-state index in [4.69, 9.17) is 9.47 Å². The van der Waals surface area contributed by atoms with Gasteiger partial charge in [-0.15, -0.1) is 0 Å². The Hall–Kier alpha value is -2.23. The summed E-state index contributed by atoms with van der Waals surface area (Å²) in [6.07, 6.45) is 8.28. The number of ketones is 1.